The summed E-state index contributed by atoms with van der Waals surface area (Å²) in [5.74, 6) is 0. The fraction of sp³-hybridized carbons (Fsp3) is 0.722. The van der Waals surface area contributed by atoms with E-state index in [2.05, 4.69) is 13.2 Å². The maximum atomic E-state index is 13.7. The summed E-state index contributed by atoms with van der Waals surface area (Å²) in [6.45, 7) is 13.5. The van der Waals surface area contributed by atoms with Crippen molar-refractivity contribution < 1.29 is 23.4 Å². The maximum absolute atomic E-state index is 13.7. The van der Waals surface area contributed by atoms with Crippen LogP contribution in [0.4, 0.5) is 9.18 Å². The number of halogens is 1. The van der Waals surface area contributed by atoms with Gasteiger partial charge in [0.05, 0.1) is 25.4 Å². The van der Waals surface area contributed by atoms with Crippen molar-refractivity contribution in [2.45, 2.75) is 70.7 Å². The molecule has 1 aliphatic rings. The van der Waals surface area contributed by atoms with Crippen molar-refractivity contribution in [2.24, 2.45) is 0 Å². The van der Waals surface area contributed by atoms with Crippen LogP contribution < -0.4 is 0 Å². The van der Waals surface area contributed by atoms with Gasteiger partial charge < -0.3 is 14.2 Å². The maximum Gasteiger partial charge on any atom is 0.414 e. The molecule has 1 aliphatic heterocycles. The Morgan fingerprint density at radius 3 is 2.75 bits per heavy atom. The van der Waals surface area contributed by atoms with Crippen molar-refractivity contribution in [3.05, 3.63) is 25.3 Å². The Morgan fingerprint density at radius 2 is 2.17 bits per heavy atom. The van der Waals surface area contributed by atoms with E-state index in [1.54, 1.807) is 26.0 Å². The zero-order chi connectivity index (χ0) is 18.2. The van der Waals surface area contributed by atoms with Crippen LogP contribution in [0.1, 0.15) is 46.5 Å². The fourth-order valence-electron chi connectivity index (χ4n) is 2.80. The number of ether oxygens (including phenoxy) is 3. The van der Waals surface area contributed by atoms with Gasteiger partial charge in [-0.1, -0.05) is 19.1 Å². The van der Waals surface area contributed by atoms with Gasteiger partial charge in [0.15, 0.2) is 0 Å². The molecule has 0 aromatic carbocycles. The molecule has 0 N–H and O–H groups in total. The standard InChI is InChI=1S/C18H30FNO4/c1-6-9-15(22-11-8-3)12-14-13-23-18(4,5)20(14)17(21)24-16(19)10-7-2/h6,8,14-16H,1,3,7,9-13H2,2,4-5H3. The molecule has 1 fully saturated rings. The van der Waals surface area contributed by atoms with Gasteiger partial charge in [-0.2, -0.15) is 0 Å². The molecule has 0 aliphatic carbocycles. The highest BCUT2D eigenvalue weighted by Crippen LogP contribution is 2.31. The molecule has 3 unspecified atom stereocenters. The van der Waals surface area contributed by atoms with Crippen LogP contribution in [0.25, 0.3) is 0 Å². The normalized spacial score (nSPS) is 22.0. The van der Waals surface area contributed by atoms with Gasteiger partial charge in [0.25, 0.3) is 0 Å². The molecule has 1 heterocycles. The van der Waals surface area contributed by atoms with Crippen molar-refractivity contribution in [1.29, 1.82) is 0 Å². The first kappa shape index (κ1) is 20.6. The number of hydrogen-bond donors (Lipinski definition) is 0. The van der Waals surface area contributed by atoms with Crippen LogP contribution in [0.15, 0.2) is 25.3 Å². The quantitative estimate of drug-likeness (QED) is 0.558. The molecule has 1 amide bonds. The topological polar surface area (TPSA) is 48.0 Å². The molecule has 0 aromatic heterocycles. The highest BCUT2D eigenvalue weighted by atomic mass is 19.1. The number of hydrogen-bond acceptors (Lipinski definition) is 4. The van der Waals surface area contributed by atoms with Crippen LogP contribution in [0.3, 0.4) is 0 Å². The molecule has 1 saturated heterocycles. The average Bonchev–Trinajstić information content (AvgIpc) is 2.79. The van der Waals surface area contributed by atoms with E-state index >= 15 is 0 Å². The number of carbonyl (C=O) groups excluding carboxylic acids is 1. The van der Waals surface area contributed by atoms with Crippen LogP contribution in [0, 0.1) is 0 Å². The Morgan fingerprint density at radius 1 is 1.46 bits per heavy atom. The van der Waals surface area contributed by atoms with Crippen molar-refractivity contribution >= 4 is 6.09 Å². The molecular weight excluding hydrogens is 313 g/mol. The summed E-state index contributed by atoms with van der Waals surface area (Å²) in [6.07, 6.45) is 3.05. The van der Waals surface area contributed by atoms with Crippen LogP contribution in [0.5, 0.6) is 0 Å². The second kappa shape index (κ2) is 9.79. The van der Waals surface area contributed by atoms with E-state index in [4.69, 9.17) is 14.2 Å². The molecule has 0 spiro atoms. The van der Waals surface area contributed by atoms with E-state index in [-0.39, 0.29) is 18.6 Å². The molecule has 1 rings (SSSR count). The summed E-state index contributed by atoms with van der Waals surface area (Å²) >= 11 is 0. The molecule has 5 nitrogen and oxygen atoms in total. The van der Waals surface area contributed by atoms with E-state index in [1.807, 2.05) is 6.92 Å². The molecule has 3 atom stereocenters. The third-order valence-electron chi connectivity index (χ3n) is 3.93. The lowest BCUT2D eigenvalue weighted by Crippen LogP contribution is -2.49. The van der Waals surface area contributed by atoms with Crippen molar-refractivity contribution in [3.8, 4) is 0 Å². The summed E-state index contributed by atoms with van der Waals surface area (Å²) in [7, 11) is 0. The monoisotopic (exact) mass is 343 g/mol. The lowest BCUT2D eigenvalue weighted by atomic mass is 10.1. The molecule has 24 heavy (non-hydrogen) atoms. The summed E-state index contributed by atoms with van der Waals surface area (Å²) < 4.78 is 30.0. The number of carbonyl (C=O) groups is 1. The molecule has 138 valence electrons. The molecular formula is C18H30FNO4. The Hall–Kier alpha value is -1.40. The van der Waals surface area contributed by atoms with E-state index < -0.39 is 18.2 Å². The number of rotatable bonds is 10. The minimum atomic E-state index is -1.60. The fourth-order valence-corrected chi connectivity index (χ4v) is 2.80. The lowest BCUT2D eigenvalue weighted by Gasteiger charge is -2.34. The third kappa shape index (κ3) is 5.91. The first-order valence-electron chi connectivity index (χ1n) is 8.47. The van der Waals surface area contributed by atoms with Crippen LogP contribution >= 0.6 is 0 Å². The van der Waals surface area contributed by atoms with Crippen LogP contribution in [-0.4, -0.2) is 48.4 Å². The molecule has 0 saturated carbocycles. The Balaban J connectivity index is 2.78. The van der Waals surface area contributed by atoms with Gasteiger partial charge in [0.1, 0.15) is 5.72 Å². The SMILES string of the molecule is C=CCOC(CC=C)CC1COC(C)(C)N1C(=O)OC(F)CCC. The van der Waals surface area contributed by atoms with Gasteiger partial charge in [-0.25, -0.2) is 9.18 Å². The van der Waals surface area contributed by atoms with E-state index in [9.17, 15) is 9.18 Å². The Bertz CT molecular complexity index is 427. The largest absolute Gasteiger partial charge is 0.415 e. The molecule has 0 bridgehead atoms. The predicted octanol–water partition coefficient (Wildman–Crippen LogP) is 4.19. The van der Waals surface area contributed by atoms with Crippen LogP contribution in [0.2, 0.25) is 0 Å². The average molecular weight is 343 g/mol. The van der Waals surface area contributed by atoms with E-state index in [0.29, 0.717) is 32.5 Å². The first-order chi connectivity index (χ1) is 11.4. The van der Waals surface area contributed by atoms with Crippen molar-refractivity contribution in [2.75, 3.05) is 13.2 Å². The lowest BCUT2D eigenvalue weighted by molar-refractivity contribution is -0.0728. The first-order valence-corrected chi connectivity index (χ1v) is 8.47. The second-order valence-corrected chi connectivity index (χ2v) is 6.37. The smallest absolute Gasteiger partial charge is 0.414 e. The van der Waals surface area contributed by atoms with Crippen molar-refractivity contribution in [3.63, 3.8) is 0 Å². The summed E-state index contributed by atoms with van der Waals surface area (Å²) in [5, 5.41) is 0. The summed E-state index contributed by atoms with van der Waals surface area (Å²) in [5.41, 5.74) is -0.842. The van der Waals surface area contributed by atoms with Gasteiger partial charge in [0.2, 0.25) is 6.36 Å². The second-order valence-electron chi connectivity index (χ2n) is 6.37. The highest BCUT2D eigenvalue weighted by molar-refractivity contribution is 5.69. The van der Waals surface area contributed by atoms with Crippen molar-refractivity contribution in [1.82, 2.24) is 4.90 Å². The van der Waals surface area contributed by atoms with E-state index in [1.165, 1.54) is 4.90 Å². The van der Waals surface area contributed by atoms with Gasteiger partial charge in [0, 0.05) is 6.42 Å². The predicted molar refractivity (Wildman–Crippen MR) is 91.3 cm³/mol. The molecule has 6 heteroatoms. The number of nitrogens with zero attached hydrogens (tertiary/aromatic N) is 1. The Kier molecular flexibility index (Phi) is 8.42. The van der Waals surface area contributed by atoms with E-state index in [0.717, 1.165) is 0 Å². The molecule has 0 radical (unpaired) electrons. The summed E-state index contributed by atoms with van der Waals surface area (Å²) in [6, 6.07) is -0.240. The van der Waals surface area contributed by atoms with Crippen LogP contribution in [-0.2, 0) is 14.2 Å². The van der Waals surface area contributed by atoms with Gasteiger partial charge in [-0.05, 0) is 33.1 Å². The minimum absolute atomic E-state index is 0.116. The third-order valence-corrected chi connectivity index (χ3v) is 3.93. The number of amides is 1. The van der Waals surface area contributed by atoms with Gasteiger partial charge >= 0.3 is 6.09 Å². The summed E-state index contributed by atoms with van der Waals surface area (Å²) in [4.78, 5) is 13.9. The zero-order valence-corrected chi connectivity index (χ0v) is 15.0. The zero-order valence-electron chi connectivity index (χ0n) is 15.0. The van der Waals surface area contributed by atoms with Gasteiger partial charge in [-0.15, -0.1) is 13.2 Å². The van der Waals surface area contributed by atoms with Gasteiger partial charge in [-0.3, -0.25) is 4.90 Å². The highest BCUT2D eigenvalue weighted by Gasteiger charge is 2.45. The Labute approximate surface area is 144 Å². The number of alkyl halides is 1. The minimum Gasteiger partial charge on any atom is -0.415 e. The molecule has 0 aromatic rings.